The smallest absolute Gasteiger partial charge is 0.0895 e. The zero-order valence-corrected chi connectivity index (χ0v) is 13.9. The van der Waals surface area contributed by atoms with Crippen molar-refractivity contribution in [2.45, 2.75) is 38.4 Å². The second kappa shape index (κ2) is 7.76. The average Bonchev–Trinajstić information content (AvgIpc) is 2.92. The van der Waals surface area contributed by atoms with Crippen molar-refractivity contribution in [3.8, 4) is 0 Å². The molecule has 1 aliphatic heterocycles. The predicted octanol–water partition coefficient (Wildman–Crippen LogP) is 2.42. The lowest BCUT2D eigenvalue weighted by Crippen LogP contribution is -2.32. The Morgan fingerprint density at radius 1 is 1.27 bits per heavy atom. The molecule has 0 radical (unpaired) electrons. The molecule has 2 aromatic heterocycles. The van der Waals surface area contributed by atoms with E-state index in [1.54, 1.807) is 0 Å². The van der Waals surface area contributed by atoms with Crippen molar-refractivity contribution in [2.75, 3.05) is 20.1 Å². The molecule has 118 valence electrons. The van der Waals surface area contributed by atoms with E-state index in [2.05, 4.69) is 48.9 Å². The standard InChI is InChI=1S/C16H23N5S/c1-20(11-14-5-2-3-8-17-14)16-6-4-9-21(10-7-16)12-15-13-22-19-18-15/h2-3,5,8,13,16H,4,6-7,9-12H2,1H3. The van der Waals surface area contributed by atoms with Crippen LogP contribution in [0.15, 0.2) is 29.8 Å². The molecule has 1 saturated heterocycles. The monoisotopic (exact) mass is 317 g/mol. The van der Waals surface area contributed by atoms with Gasteiger partial charge in [0.2, 0.25) is 0 Å². The molecule has 0 aliphatic carbocycles. The van der Waals surface area contributed by atoms with Gasteiger partial charge in [0.15, 0.2) is 0 Å². The first kappa shape index (κ1) is 15.5. The van der Waals surface area contributed by atoms with Crippen molar-refractivity contribution >= 4 is 11.5 Å². The number of rotatable bonds is 5. The molecule has 0 aromatic carbocycles. The Kier molecular flexibility index (Phi) is 5.48. The molecule has 3 heterocycles. The van der Waals surface area contributed by atoms with Crippen LogP contribution >= 0.6 is 11.5 Å². The number of aromatic nitrogens is 3. The highest BCUT2D eigenvalue weighted by molar-refractivity contribution is 7.03. The van der Waals surface area contributed by atoms with Crippen LogP contribution in [-0.4, -0.2) is 50.5 Å². The summed E-state index contributed by atoms with van der Waals surface area (Å²) >= 11 is 1.44. The van der Waals surface area contributed by atoms with Gasteiger partial charge in [-0.2, -0.15) is 0 Å². The van der Waals surface area contributed by atoms with E-state index >= 15 is 0 Å². The molecule has 5 nitrogen and oxygen atoms in total. The normalized spacial score (nSPS) is 20.2. The molecule has 1 aliphatic rings. The summed E-state index contributed by atoms with van der Waals surface area (Å²) in [6.07, 6.45) is 5.59. The van der Waals surface area contributed by atoms with Crippen LogP contribution in [0, 0.1) is 0 Å². The summed E-state index contributed by atoms with van der Waals surface area (Å²) in [6, 6.07) is 6.78. The SMILES string of the molecule is CN(Cc1ccccn1)C1CCCN(Cc2csnn2)CC1. The van der Waals surface area contributed by atoms with Crippen LogP contribution in [0.1, 0.15) is 30.7 Å². The Morgan fingerprint density at radius 2 is 2.23 bits per heavy atom. The van der Waals surface area contributed by atoms with Gasteiger partial charge in [0.1, 0.15) is 0 Å². The Balaban J connectivity index is 1.51. The largest absolute Gasteiger partial charge is 0.298 e. The van der Waals surface area contributed by atoms with Gasteiger partial charge in [-0.15, -0.1) is 5.10 Å². The summed E-state index contributed by atoms with van der Waals surface area (Å²) in [5, 5.41) is 6.21. The van der Waals surface area contributed by atoms with Crippen molar-refractivity contribution in [1.82, 2.24) is 24.4 Å². The van der Waals surface area contributed by atoms with Gasteiger partial charge in [-0.3, -0.25) is 14.8 Å². The third-order valence-electron chi connectivity index (χ3n) is 4.34. The van der Waals surface area contributed by atoms with Gasteiger partial charge in [0.25, 0.3) is 0 Å². The average molecular weight is 317 g/mol. The van der Waals surface area contributed by atoms with Crippen LogP contribution in [0.3, 0.4) is 0 Å². The van der Waals surface area contributed by atoms with Crippen molar-refractivity contribution < 1.29 is 0 Å². The van der Waals surface area contributed by atoms with Gasteiger partial charge in [-0.05, 0) is 56.5 Å². The molecular weight excluding hydrogens is 294 g/mol. The molecule has 1 fully saturated rings. The first-order valence-corrected chi connectivity index (χ1v) is 8.73. The van der Waals surface area contributed by atoms with Crippen LogP contribution in [0.2, 0.25) is 0 Å². The van der Waals surface area contributed by atoms with Gasteiger partial charge in [-0.25, -0.2) is 0 Å². The minimum atomic E-state index is 0.639. The number of nitrogens with zero attached hydrogens (tertiary/aromatic N) is 5. The molecule has 6 heteroatoms. The molecule has 3 rings (SSSR count). The highest BCUT2D eigenvalue weighted by Gasteiger charge is 2.21. The summed E-state index contributed by atoms with van der Waals surface area (Å²) in [5.74, 6) is 0. The van der Waals surface area contributed by atoms with Crippen LogP contribution in [0.4, 0.5) is 0 Å². The second-order valence-corrected chi connectivity index (χ2v) is 6.60. The van der Waals surface area contributed by atoms with E-state index in [0.717, 1.165) is 37.6 Å². The quantitative estimate of drug-likeness (QED) is 0.847. The van der Waals surface area contributed by atoms with Crippen LogP contribution < -0.4 is 0 Å². The first-order chi connectivity index (χ1) is 10.8. The molecule has 2 aromatic rings. The zero-order chi connectivity index (χ0) is 15.2. The third kappa shape index (κ3) is 4.32. The fourth-order valence-electron chi connectivity index (χ4n) is 3.10. The Labute approximate surface area is 136 Å². The maximum absolute atomic E-state index is 4.44. The van der Waals surface area contributed by atoms with Crippen LogP contribution in [-0.2, 0) is 13.1 Å². The molecule has 1 atom stereocenters. The lowest BCUT2D eigenvalue weighted by molar-refractivity contribution is 0.204. The van der Waals surface area contributed by atoms with E-state index < -0.39 is 0 Å². The van der Waals surface area contributed by atoms with Gasteiger partial charge < -0.3 is 0 Å². The van der Waals surface area contributed by atoms with Gasteiger partial charge in [-0.1, -0.05) is 10.6 Å². The fourth-order valence-corrected chi connectivity index (χ4v) is 3.54. The van der Waals surface area contributed by atoms with Crippen molar-refractivity contribution in [3.63, 3.8) is 0 Å². The number of likely N-dealkylation sites (tertiary alicyclic amines) is 1. The summed E-state index contributed by atoms with van der Waals surface area (Å²) in [5.41, 5.74) is 2.25. The van der Waals surface area contributed by atoms with E-state index in [-0.39, 0.29) is 0 Å². The minimum absolute atomic E-state index is 0.639. The van der Waals surface area contributed by atoms with Crippen molar-refractivity contribution in [3.05, 3.63) is 41.2 Å². The maximum Gasteiger partial charge on any atom is 0.0895 e. The zero-order valence-electron chi connectivity index (χ0n) is 13.1. The predicted molar refractivity (Wildman–Crippen MR) is 88.5 cm³/mol. The maximum atomic E-state index is 4.44. The lowest BCUT2D eigenvalue weighted by Gasteiger charge is -2.27. The molecule has 0 N–H and O–H groups in total. The molecule has 0 amide bonds. The number of pyridine rings is 1. The van der Waals surface area contributed by atoms with Crippen LogP contribution in [0.5, 0.6) is 0 Å². The fraction of sp³-hybridized carbons (Fsp3) is 0.562. The summed E-state index contributed by atoms with van der Waals surface area (Å²) < 4.78 is 3.95. The van der Waals surface area contributed by atoms with E-state index in [0.29, 0.717) is 6.04 Å². The van der Waals surface area contributed by atoms with Crippen LogP contribution in [0.25, 0.3) is 0 Å². The van der Waals surface area contributed by atoms with E-state index in [1.807, 2.05) is 12.3 Å². The first-order valence-electron chi connectivity index (χ1n) is 7.89. The van der Waals surface area contributed by atoms with E-state index in [4.69, 9.17) is 0 Å². The molecule has 0 saturated carbocycles. The molecule has 1 unspecified atom stereocenters. The molecule has 22 heavy (non-hydrogen) atoms. The van der Waals surface area contributed by atoms with Gasteiger partial charge >= 0.3 is 0 Å². The highest BCUT2D eigenvalue weighted by atomic mass is 32.1. The lowest BCUT2D eigenvalue weighted by atomic mass is 10.1. The van der Waals surface area contributed by atoms with Crippen molar-refractivity contribution in [2.24, 2.45) is 0 Å². The molecule has 0 spiro atoms. The molecular formula is C16H23N5S. The molecule has 0 bridgehead atoms. The summed E-state index contributed by atoms with van der Waals surface area (Å²) in [4.78, 5) is 9.40. The summed E-state index contributed by atoms with van der Waals surface area (Å²) in [7, 11) is 2.22. The van der Waals surface area contributed by atoms with Gasteiger partial charge in [0, 0.05) is 37.3 Å². The second-order valence-electron chi connectivity index (χ2n) is 5.99. The number of hydrogen-bond donors (Lipinski definition) is 0. The summed E-state index contributed by atoms with van der Waals surface area (Å²) in [6.45, 7) is 4.16. The van der Waals surface area contributed by atoms with Gasteiger partial charge in [0.05, 0.1) is 11.4 Å². The highest BCUT2D eigenvalue weighted by Crippen LogP contribution is 2.18. The Hall–Kier alpha value is -1.37. The Morgan fingerprint density at radius 3 is 3.00 bits per heavy atom. The van der Waals surface area contributed by atoms with Crippen molar-refractivity contribution in [1.29, 1.82) is 0 Å². The minimum Gasteiger partial charge on any atom is -0.298 e. The van der Waals surface area contributed by atoms with E-state index in [9.17, 15) is 0 Å². The third-order valence-corrected chi connectivity index (χ3v) is 4.90. The Bertz CT molecular complexity index is 545. The van der Waals surface area contributed by atoms with E-state index in [1.165, 1.54) is 30.8 Å². The number of hydrogen-bond acceptors (Lipinski definition) is 6. The topological polar surface area (TPSA) is 45.2 Å².